The summed E-state index contributed by atoms with van der Waals surface area (Å²) in [5, 5.41) is 12.9. The van der Waals surface area contributed by atoms with Crippen molar-refractivity contribution in [2.24, 2.45) is 0 Å². The third kappa shape index (κ3) is 3.72. The molecule has 1 aromatic heterocycles. The number of nitrogens with zero attached hydrogens (tertiary/aromatic N) is 1. The van der Waals surface area contributed by atoms with Gasteiger partial charge >= 0.3 is 5.97 Å². The topological polar surface area (TPSA) is 80.7 Å². The van der Waals surface area contributed by atoms with E-state index in [0.29, 0.717) is 23.1 Å². The molecule has 120 valence electrons. The van der Waals surface area contributed by atoms with Gasteiger partial charge < -0.3 is 19.9 Å². The Morgan fingerprint density at radius 2 is 2.17 bits per heavy atom. The molecule has 0 saturated heterocycles. The molecule has 3 rings (SSSR count). The SMILES string of the molecule is O=C(O)C[C@H](NCc1ccncc1Cl)c1ccc2c(c1)OCO2. The lowest BCUT2D eigenvalue weighted by Crippen LogP contribution is -2.23. The molecule has 1 atom stereocenters. The first-order valence-electron chi connectivity index (χ1n) is 7.06. The Morgan fingerprint density at radius 1 is 1.35 bits per heavy atom. The molecule has 1 aromatic carbocycles. The molecule has 0 saturated carbocycles. The minimum atomic E-state index is -0.888. The summed E-state index contributed by atoms with van der Waals surface area (Å²) in [7, 11) is 0. The zero-order valence-electron chi connectivity index (χ0n) is 12.2. The van der Waals surface area contributed by atoms with Crippen molar-refractivity contribution < 1.29 is 19.4 Å². The molecule has 6 nitrogen and oxygen atoms in total. The van der Waals surface area contributed by atoms with Crippen LogP contribution >= 0.6 is 11.6 Å². The molecular formula is C16H15ClN2O4. The number of hydrogen-bond acceptors (Lipinski definition) is 5. The van der Waals surface area contributed by atoms with Crippen LogP contribution in [0, 0.1) is 0 Å². The molecule has 7 heteroatoms. The number of aliphatic carboxylic acids is 1. The second kappa shape index (κ2) is 6.85. The number of nitrogens with one attached hydrogen (secondary N) is 1. The van der Waals surface area contributed by atoms with Crippen LogP contribution in [-0.2, 0) is 11.3 Å². The highest BCUT2D eigenvalue weighted by molar-refractivity contribution is 6.31. The first-order valence-corrected chi connectivity index (χ1v) is 7.44. The number of halogens is 1. The highest BCUT2D eigenvalue weighted by Crippen LogP contribution is 2.35. The molecule has 0 bridgehead atoms. The van der Waals surface area contributed by atoms with Crippen LogP contribution < -0.4 is 14.8 Å². The molecule has 2 heterocycles. The van der Waals surface area contributed by atoms with E-state index in [1.807, 2.05) is 6.07 Å². The van der Waals surface area contributed by atoms with Crippen LogP contribution in [-0.4, -0.2) is 22.9 Å². The van der Waals surface area contributed by atoms with Crippen molar-refractivity contribution in [3.05, 3.63) is 52.8 Å². The maximum Gasteiger partial charge on any atom is 0.305 e. The van der Waals surface area contributed by atoms with Gasteiger partial charge in [0.1, 0.15) is 0 Å². The van der Waals surface area contributed by atoms with Crippen molar-refractivity contribution in [2.45, 2.75) is 19.0 Å². The van der Waals surface area contributed by atoms with Crippen LogP contribution in [0.4, 0.5) is 0 Å². The molecule has 0 amide bonds. The van der Waals surface area contributed by atoms with E-state index in [4.69, 9.17) is 26.2 Å². The molecule has 0 spiro atoms. The van der Waals surface area contributed by atoms with Crippen LogP contribution in [0.3, 0.4) is 0 Å². The monoisotopic (exact) mass is 334 g/mol. The Labute approximate surface area is 138 Å². The molecule has 1 aliphatic heterocycles. The van der Waals surface area contributed by atoms with Crippen molar-refractivity contribution in [1.29, 1.82) is 0 Å². The highest BCUT2D eigenvalue weighted by Gasteiger charge is 2.20. The quantitative estimate of drug-likeness (QED) is 0.845. The van der Waals surface area contributed by atoms with Crippen LogP contribution in [0.5, 0.6) is 11.5 Å². The van der Waals surface area contributed by atoms with Crippen molar-refractivity contribution in [2.75, 3.05) is 6.79 Å². The normalized spacial score (nSPS) is 13.8. The summed E-state index contributed by atoms with van der Waals surface area (Å²) in [6.45, 7) is 0.621. The number of carbonyl (C=O) groups is 1. The van der Waals surface area contributed by atoms with Gasteiger partial charge in [0, 0.05) is 25.0 Å². The van der Waals surface area contributed by atoms with Gasteiger partial charge in [-0.3, -0.25) is 9.78 Å². The maximum atomic E-state index is 11.2. The van der Waals surface area contributed by atoms with E-state index in [0.717, 1.165) is 11.1 Å². The lowest BCUT2D eigenvalue weighted by molar-refractivity contribution is -0.137. The number of ether oxygens (including phenoxy) is 2. The second-order valence-electron chi connectivity index (χ2n) is 5.11. The largest absolute Gasteiger partial charge is 0.481 e. The number of benzene rings is 1. The van der Waals surface area contributed by atoms with E-state index >= 15 is 0 Å². The number of hydrogen-bond donors (Lipinski definition) is 2. The lowest BCUT2D eigenvalue weighted by atomic mass is 10.0. The third-order valence-corrected chi connectivity index (χ3v) is 3.91. The van der Waals surface area contributed by atoms with Gasteiger partial charge in [-0.05, 0) is 29.3 Å². The van der Waals surface area contributed by atoms with Crippen LogP contribution in [0.1, 0.15) is 23.6 Å². The van der Waals surface area contributed by atoms with Gasteiger partial charge in [0.15, 0.2) is 11.5 Å². The molecule has 0 fully saturated rings. The fourth-order valence-corrected chi connectivity index (χ4v) is 2.58. The number of aromatic nitrogens is 1. The molecule has 0 aliphatic carbocycles. The summed E-state index contributed by atoms with van der Waals surface area (Å²) in [5.74, 6) is 0.405. The summed E-state index contributed by atoms with van der Waals surface area (Å²) in [6.07, 6.45) is 3.16. The Balaban J connectivity index is 1.78. The highest BCUT2D eigenvalue weighted by atomic mass is 35.5. The van der Waals surface area contributed by atoms with Gasteiger partial charge in [0.2, 0.25) is 6.79 Å². The van der Waals surface area contributed by atoms with Gasteiger partial charge in [-0.15, -0.1) is 0 Å². The minimum Gasteiger partial charge on any atom is -0.481 e. The first-order chi connectivity index (χ1) is 11.1. The Morgan fingerprint density at radius 3 is 2.96 bits per heavy atom. The summed E-state index contributed by atoms with van der Waals surface area (Å²) >= 11 is 6.08. The average Bonchev–Trinajstić information content (AvgIpc) is 3.00. The van der Waals surface area contributed by atoms with Crippen molar-refractivity contribution >= 4 is 17.6 Å². The fourth-order valence-electron chi connectivity index (χ4n) is 2.39. The minimum absolute atomic E-state index is 0.0532. The van der Waals surface area contributed by atoms with E-state index < -0.39 is 5.97 Å². The molecule has 2 aromatic rings. The van der Waals surface area contributed by atoms with Gasteiger partial charge in [-0.1, -0.05) is 17.7 Å². The van der Waals surface area contributed by atoms with Gasteiger partial charge in [0.05, 0.1) is 11.4 Å². The predicted octanol–water partition coefficient (Wildman–Crippen LogP) is 2.77. The average molecular weight is 335 g/mol. The zero-order chi connectivity index (χ0) is 16.2. The maximum absolute atomic E-state index is 11.2. The lowest BCUT2D eigenvalue weighted by Gasteiger charge is -2.18. The molecule has 0 radical (unpaired) electrons. The smallest absolute Gasteiger partial charge is 0.305 e. The number of carboxylic acids is 1. The van der Waals surface area contributed by atoms with Crippen molar-refractivity contribution in [3.8, 4) is 11.5 Å². The summed E-state index contributed by atoms with van der Waals surface area (Å²) < 4.78 is 10.6. The Bertz CT molecular complexity index is 723. The predicted molar refractivity (Wildman–Crippen MR) is 83.6 cm³/mol. The van der Waals surface area contributed by atoms with E-state index in [1.54, 1.807) is 30.6 Å². The van der Waals surface area contributed by atoms with Crippen LogP contribution in [0.2, 0.25) is 5.02 Å². The molecule has 2 N–H and O–H groups in total. The number of rotatable bonds is 6. The van der Waals surface area contributed by atoms with Crippen LogP contribution in [0.25, 0.3) is 0 Å². The fraction of sp³-hybridized carbons (Fsp3) is 0.250. The molecule has 0 unspecified atom stereocenters. The Kier molecular flexibility index (Phi) is 4.64. The molecule has 23 heavy (non-hydrogen) atoms. The molecule has 1 aliphatic rings. The summed E-state index contributed by atoms with van der Waals surface area (Å²) in [6, 6.07) is 6.85. The second-order valence-corrected chi connectivity index (χ2v) is 5.52. The number of pyridine rings is 1. The van der Waals surface area contributed by atoms with E-state index in [2.05, 4.69) is 10.3 Å². The summed E-state index contributed by atoms with van der Waals surface area (Å²) in [5.41, 5.74) is 1.68. The van der Waals surface area contributed by atoms with Crippen molar-refractivity contribution in [1.82, 2.24) is 10.3 Å². The van der Waals surface area contributed by atoms with Gasteiger partial charge in [-0.25, -0.2) is 0 Å². The van der Waals surface area contributed by atoms with E-state index in [9.17, 15) is 4.79 Å². The number of carboxylic acid groups (broad SMARTS) is 1. The van der Waals surface area contributed by atoms with Gasteiger partial charge in [-0.2, -0.15) is 0 Å². The zero-order valence-corrected chi connectivity index (χ0v) is 12.9. The first kappa shape index (κ1) is 15.6. The summed E-state index contributed by atoms with van der Waals surface area (Å²) in [4.78, 5) is 15.1. The van der Waals surface area contributed by atoms with Crippen molar-refractivity contribution in [3.63, 3.8) is 0 Å². The van der Waals surface area contributed by atoms with E-state index in [1.165, 1.54) is 0 Å². The number of fused-ring (bicyclic) bond motifs is 1. The van der Waals surface area contributed by atoms with Gasteiger partial charge in [0.25, 0.3) is 0 Å². The standard InChI is InChI=1S/C16H15ClN2O4/c17-12-8-18-4-3-11(12)7-19-13(6-16(20)21)10-1-2-14-15(5-10)23-9-22-14/h1-5,8,13,19H,6-7,9H2,(H,20,21)/t13-/m0/s1. The Hall–Kier alpha value is -2.31. The molecular weight excluding hydrogens is 320 g/mol. The van der Waals surface area contributed by atoms with Crippen LogP contribution in [0.15, 0.2) is 36.7 Å². The third-order valence-electron chi connectivity index (χ3n) is 3.57. The van der Waals surface area contributed by atoms with E-state index in [-0.39, 0.29) is 19.3 Å².